The molecule has 1 amide bonds. The minimum atomic E-state index is -0.00113. The Labute approximate surface area is 142 Å². The van der Waals surface area contributed by atoms with Gasteiger partial charge in [0, 0.05) is 31.9 Å². The van der Waals surface area contributed by atoms with Crippen molar-refractivity contribution in [3.63, 3.8) is 0 Å². The molecule has 1 aliphatic rings. The summed E-state index contributed by atoms with van der Waals surface area (Å²) in [4.78, 5) is 18.4. The standard InChI is InChI=1S/C18H23N3O3/c1-20-11-16(19-13-20)18(22)21-9-7-15(8-10-21)24-12-14-5-3-4-6-17(14)23-2/h3-6,11,13,15H,7-10,12H2,1-2H3. The van der Waals surface area contributed by atoms with Gasteiger partial charge in [-0.25, -0.2) is 4.98 Å². The second kappa shape index (κ2) is 7.49. The number of benzene rings is 1. The van der Waals surface area contributed by atoms with Gasteiger partial charge in [-0.3, -0.25) is 4.79 Å². The van der Waals surface area contributed by atoms with Gasteiger partial charge in [0.05, 0.1) is 26.1 Å². The van der Waals surface area contributed by atoms with E-state index in [2.05, 4.69) is 4.98 Å². The third-order valence-electron chi connectivity index (χ3n) is 4.32. The van der Waals surface area contributed by atoms with E-state index in [-0.39, 0.29) is 12.0 Å². The summed E-state index contributed by atoms with van der Waals surface area (Å²) in [6.07, 6.45) is 5.26. The highest BCUT2D eigenvalue weighted by Crippen LogP contribution is 2.21. The molecule has 0 spiro atoms. The summed E-state index contributed by atoms with van der Waals surface area (Å²) in [6.45, 7) is 1.93. The van der Waals surface area contributed by atoms with E-state index in [4.69, 9.17) is 9.47 Å². The number of hydrogen-bond donors (Lipinski definition) is 0. The van der Waals surface area contributed by atoms with Crippen molar-refractivity contribution in [3.8, 4) is 5.75 Å². The topological polar surface area (TPSA) is 56.6 Å². The average molecular weight is 329 g/mol. The Kier molecular flexibility index (Phi) is 5.15. The summed E-state index contributed by atoms with van der Waals surface area (Å²) < 4.78 is 13.1. The molecule has 128 valence electrons. The predicted molar refractivity (Wildman–Crippen MR) is 89.9 cm³/mol. The Morgan fingerprint density at radius 3 is 2.71 bits per heavy atom. The lowest BCUT2D eigenvalue weighted by Gasteiger charge is -2.31. The van der Waals surface area contributed by atoms with E-state index in [1.807, 2.05) is 36.2 Å². The van der Waals surface area contributed by atoms with Crippen molar-refractivity contribution >= 4 is 5.91 Å². The number of aromatic nitrogens is 2. The fraction of sp³-hybridized carbons (Fsp3) is 0.444. The maximum atomic E-state index is 12.4. The molecule has 1 saturated heterocycles. The van der Waals surface area contributed by atoms with Gasteiger partial charge in [-0.15, -0.1) is 0 Å². The zero-order valence-corrected chi connectivity index (χ0v) is 14.1. The van der Waals surface area contributed by atoms with Gasteiger partial charge in [0.2, 0.25) is 0 Å². The Balaban J connectivity index is 1.49. The van der Waals surface area contributed by atoms with E-state index >= 15 is 0 Å². The number of ether oxygens (including phenoxy) is 2. The van der Waals surface area contributed by atoms with Gasteiger partial charge < -0.3 is 18.9 Å². The Morgan fingerprint density at radius 1 is 1.29 bits per heavy atom. The first-order chi connectivity index (χ1) is 11.7. The van der Waals surface area contributed by atoms with Gasteiger partial charge in [-0.2, -0.15) is 0 Å². The van der Waals surface area contributed by atoms with E-state index < -0.39 is 0 Å². The largest absolute Gasteiger partial charge is 0.496 e. The van der Waals surface area contributed by atoms with Gasteiger partial charge in [0.25, 0.3) is 5.91 Å². The van der Waals surface area contributed by atoms with Crippen LogP contribution in [-0.4, -0.2) is 46.7 Å². The van der Waals surface area contributed by atoms with Crippen LogP contribution in [0.2, 0.25) is 0 Å². The van der Waals surface area contributed by atoms with Crippen molar-refractivity contribution in [2.75, 3.05) is 20.2 Å². The summed E-state index contributed by atoms with van der Waals surface area (Å²) in [6, 6.07) is 7.88. The molecule has 0 radical (unpaired) electrons. The molecule has 3 rings (SSSR count). The van der Waals surface area contributed by atoms with Gasteiger partial charge in [0.15, 0.2) is 0 Å². The van der Waals surface area contributed by atoms with Crippen LogP contribution in [0.4, 0.5) is 0 Å². The molecule has 1 fully saturated rings. The first-order valence-electron chi connectivity index (χ1n) is 8.18. The quantitative estimate of drug-likeness (QED) is 0.844. The summed E-state index contributed by atoms with van der Waals surface area (Å²) in [7, 11) is 3.53. The molecule has 2 heterocycles. The molecule has 0 N–H and O–H groups in total. The van der Waals surface area contributed by atoms with Crippen molar-refractivity contribution in [1.82, 2.24) is 14.5 Å². The average Bonchev–Trinajstić information content (AvgIpc) is 3.06. The van der Waals surface area contributed by atoms with E-state index in [0.717, 1.165) is 24.2 Å². The number of methoxy groups -OCH3 is 1. The fourth-order valence-corrected chi connectivity index (χ4v) is 2.94. The van der Waals surface area contributed by atoms with Crippen LogP contribution in [-0.2, 0) is 18.4 Å². The second-order valence-corrected chi connectivity index (χ2v) is 6.04. The van der Waals surface area contributed by atoms with E-state index in [0.29, 0.717) is 25.4 Å². The molecule has 24 heavy (non-hydrogen) atoms. The molecule has 0 unspecified atom stereocenters. The molecule has 1 aliphatic heterocycles. The molecule has 6 heteroatoms. The highest BCUT2D eigenvalue weighted by Gasteiger charge is 2.25. The maximum Gasteiger partial charge on any atom is 0.274 e. The number of aryl methyl sites for hydroxylation is 1. The van der Waals surface area contributed by atoms with Crippen LogP contribution in [0.3, 0.4) is 0 Å². The van der Waals surface area contributed by atoms with Crippen LogP contribution in [0.25, 0.3) is 0 Å². The Morgan fingerprint density at radius 2 is 2.04 bits per heavy atom. The van der Waals surface area contributed by atoms with E-state index in [1.165, 1.54) is 0 Å². The van der Waals surface area contributed by atoms with Crippen molar-refractivity contribution < 1.29 is 14.3 Å². The molecule has 0 bridgehead atoms. The number of carbonyl (C=O) groups is 1. The monoisotopic (exact) mass is 329 g/mol. The normalized spacial score (nSPS) is 15.5. The van der Waals surface area contributed by atoms with E-state index in [9.17, 15) is 4.79 Å². The number of rotatable bonds is 5. The van der Waals surface area contributed by atoms with Gasteiger partial charge in [-0.1, -0.05) is 18.2 Å². The summed E-state index contributed by atoms with van der Waals surface area (Å²) in [5.74, 6) is 0.846. The van der Waals surface area contributed by atoms with Gasteiger partial charge in [-0.05, 0) is 18.9 Å². The zero-order chi connectivity index (χ0) is 16.9. The van der Waals surface area contributed by atoms with Crippen LogP contribution in [0.15, 0.2) is 36.8 Å². The van der Waals surface area contributed by atoms with Gasteiger partial charge >= 0.3 is 0 Å². The number of nitrogens with zero attached hydrogens (tertiary/aromatic N) is 3. The number of imidazole rings is 1. The third kappa shape index (κ3) is 3.76. The molecular weight excluding hydrogens is 306 g/mol. The number of likely N-dealkylation sites (tertiary alicyclic amines) is 1. The predicted octanol–water partition coefficient (Wildman–Crippen LogP) is 2.25. The van der Waals surface area contributed by atoms with Crippen LogP contribution in [0.5, 0.6) is 5.75 Å². The highest BCUT2D eigenvalue weighted by atomic mass is 16.5. The van der Waals surface area contributed by atoms with Crippen LogP contribution in [0, 0.1) is 0 Å². The van der Waals surface area contributed by atoms with Crippen LogP contribution in [0.1, 0.15) is 28.9 Å². The smallest absolute Gasteiger partial charge is 0.274 e. The minimum Gasteiger partial charge on any atom is -0.496 e. The van der Waals surface area contributed by atoms with Crippen molar-refractivity contribution in [2.24, 2.45) is 7.05 Å². The molecule has 2 aromatic rings. The first-order valence-corrected chi connectivity index (χ1v) is 8.18. The Hall–Kier alpha value is -2.34. The minimum absolute atomic E-state index is 0.00113. The number of amides is 1. The zero-order valence-electron chi connectivity index (χ0n) is 14.1. The molecule has 6 nitrogen and oxygen atoms in total. The Bertz CT molecular complexity index is 690. The summed E-state index contributed by atoms with van der Waals surface area (Å²) in [5.41, 5.74) is 1.55. The highest BCUT2D eigenvalue weighted by molar-refractivity contribution is 5.92. The first kappa shape index (κ1) is 16.5. The SMILES string of the molecule is COc1ccccc1COC1CCN(C(=O)c2cn(C)cn2)CC1. The lowest BCUT2D eigenvalue weighted by Crippen LogP contribution is -2.41. The van der Waals surface area contributed by atoms with Crippen molar-refractivity contribution in [1.29, 1.82) is 0 Å². The maximum absolute atomic E-state index is 12.4. The summed E-state index contributed by atoms with van der Waals surface area (Å²) in [5, 5.41) is 0. The van der Waals surface area contributed by atoms with Crippen molar-refractivity contribution in [2.45, 2.75) is 25.6 Å². The third-order valence-corrected chi connectivity index (χ3v) is 4.32. The lowest BCUT2D eigenvalue weighted by molar-refractivity contribution is -0.00108. The van der Waals surface area contributed by atoms with Crippen molar-refractivity contribution in [3.05, 3.63) is 48.0 Å². The summed E-state index contributed by atoms with van der Waals surface area (Å²) >= 11 is 0. The van der Waals surface area contributed by atoms with E-state index in [1.54, 1.807) is 24.2 Å². The van der Waals surface area contributed by atoms with Gasteiger partial charge in [0.1, 0.15) is 11.4 Å². The molecule has 0 aliphatic carbocycles. The lowest BCUT2D eigenvalue weighted by atomic mass is 10.1. The number of para-hydroxylation sites is 1. The molecule has 0 atom stereocenters. The fourth-order valence-electron chi connectivity index (χ4n) is 2.94. The number of carbonyl (C=O) groups excluding carboxylic acids is 1. The number of hydrogen-bond acceptors (Lipinski definition) is 4. The van der Waals surface area contributed by atoms with Crippen LogP contribution < -0.4 is 4.74 Å². The molecule has 1 aromatic carbocycles. The molecular formula is C18H23N3O3. The second-order valence-electron chi connectivity index (χ2n) is 6.04. The molecule has 1 aromatic heterocycles. The van der Waals surface area contributed by atoms with Crippen LogP contribution >= 0.6 is 0 Å². The molecule has 0 saturated carbocycles. The number of piperidine rings is 1.